The van der Waals surface area contributed by atoms with Gasteiger partial charge in [0.15, 0.2) is 5.76 Å². The summed E-state index contributed by atoms with van der Waals surface area (Å²) in [5.74, 6) is 0.743. The number of likely N-dealkylation sites (N-methyl/N-ethyl adjacent to an activating group) is 1. The smallest absolute Gasteiger partial charge is 0.286 e. The molecule has 2 rings (SSSR count). The molecular formula is C20H27N3O4. The quantitative estimate of drug-likeness (QED) is 0.624. The average molecular weight is 373 g/mol. The van der Waals surface area contributed by atoms with Crippen molar-refractivity contribution in [2.24, 2.45) is 0 Å². The van der Waals surface area contributed by atoms with E-state index in [4.69, 9.17) is 9.15 Å². The van der Waals surface area contributed by atoms with Crippen molar-refractivity contribution in [2.45, 2.75) is 18.9 Å². The predicted octanol–water partition coefficient (Wildman–Crippen LogP) is 2.22. The second-order valence-electron chi connectivity index (χ2n) is 6.40. The Bertz CT molecular complexity index is 729. The molecule has 0 bridgehead atoms. The maximum atomic E-state index is 12.1. The van der Waals surface area contributed by atoms with Crippen molar-refractivity contribution < 1.29 is 18.7 Å². The molecule has 2 aromatic rings. The van der Waals surface area contributed by atoms with Gasteiger partial charge in [-0.3, -0.25) is 9.59 Å². The molecule has 2 amide bonds. The van der Waals surface area contributed by atoms with Gasteiger partial charge in [0, 0.05) is 19.5 Å². The van der Waals surface area contributed by atoms with E-state index in [1.807, 2.05) is 38.4 Å². The molecule has 1 atom stereocenters. The average Bonchev–Trinajstić information content (AvgIpc) is 3.20. The Balaban J connectivity index is 1.74. The maximum Gasteiger partial charge on any atom is 0.286 e. The second kappa shape index (κ2) is 10.4. The fourth-order valence-corrected chi connectivity index (χ4v) is 2.69. The summed E-state index contributed by atoms with van der Waals surface area (Å²) in [4.78, 5) is 25.9. The normalized spacial score (nSPS) is 11.9. The molecule has 0 fully saturated rings. The number of carbonyl (C=O) groups excluding carboxylic acids is 2. The molecule has 7 heteroatoms. The molecule has 1 unspecified atom stereocenters. The first-order valence-corrected chi connectivity index (χ1v) is 8.90. The van der Waals surface area contributed by atoms with Gasteiger partial charge in [0.25, 0.3) is 5.91 Å². The molecule has 1 heterocycles. The van der Waals surface area contributed by atoms with E-state index in [2.05, 4.69) is 15.5 Å². The minimum atomic E-state index is -0.272. The lowest BCUT2D eigenvalue weighted by Crippen LogP contribution is -2.35. The number of ether oxygens (including phenoxy) is 1. The molecule has 1 aromatic carbocycles. The zero-order chi connectivity index (χ0) is 19.6. The molecule has 27 heavy (non-hydrogen) atoms. The third-order valence-electron chi connectivity index (χ3n) is 4.21. The fraction of sp³-hybridized carbons (Fsp3) is 0.400. The zero-order valence-electron chi connectivity index (χ0n) is 16.0. The second-order valence-corrected chi connectivity index (χ2v) is 6.40. The molecule has 2 N–H and O–H groups in total. The molecule has 0 aliphatic heterocycles. The van der Waals surface area contributed by atoms with E-state index in [1.54, 1.807) is 19.2 Å². The van der Waals surface area contributed by atoms with E-state index >= 15 is 0 Å². The van der Waals surface area contributed by atoms with Gasteiger partial charge in [0.05, 0.1) is 19.4 Å². The Hall–Kier alpha value is -2.80. The Labute approximate surface area is 159 Å². The van der Waals surface area contributed by atoms with Crippen LogP contribution in [0.25, 0.3) is 0 Å². The number of nitrogens with one attached hydrogen (secondary N) is 2. The van der Waals surface area contributed by atoms with Gasteiger partial charge in [-0.25, -0.2) is 0 Å². The summed E-state index contributed by atoms with van der Waals surface area (Å²) in [5.41, 5.74) is 1.07. The van der Waals surface area contributed by atoms with Crippen molar-refractivity contribution in [3.05, 3.63) is 54.0 Å². The monoisotopic (exact) mass is 373 g/mol. The van der Waals surface area contributed by atoms with Crippen LogP contribution in [0.15, 0.2) is 47.1 Å². The van der Waals surface area contributed by atoms with Crippen molar-refractivity contribution in [1.82, 2.24) is 15.5 Å². The molecule has 0 aliphatic carbocycles. The Morgan fingerprint density at radius 3 is 2.67 bits per heavy atom. The highest BCUT2D eigenvalue weighted by molar-refractivity contribution is 5.91. The van der Waals surface area contributed by atoms with Crippen molar-refractivity contribution in [2.75, 3.05) is 34.3 Å². The fourth-order valence-electron chi connectivity index (χ4n) is 2.69. The molecule has 0 spiro atoms. The standard InChI is InChI=1S/C20H27N3O4/c1-23(2)17(15-7-4-8-16(13-15)26-3)14-22-19(24)10-5-11-21-20(25)18-9-6-12-27-18/h4,6-9,12-13,17H,5,10-11,14H2,1-3H3,(H,21,25)(H,22,24). The van der Waals surface area contributed by atoms with Crippen molar-refractivity contribution in [1.29, 1.82) is 0 Å². The highest BCUT2D eigenvalue weighted by Gasteiger charge is 2.16. The van der Waals surface area contributed by atoms with Gasteiger partial charge in [-0.15, -0.1) is 0 Å². The summed E-state index contributed by atoms with van der Waals surface area (Å²) in [5, 5.41) is 5.69. The van der Waals surface area contributed by atoms with Crippen LogP contribution in [-0.4, -0.2) is 51.0 Å². The van der Waals surface area contributed by atoms with Crippen LogP contribution < -0.4 is 15.4 Å². The van der Waals surface area contributed by atoms with E-state index in [-0.39, 0.29) is 23.6 Å². The number of nitrogens with zero attached hydrogens (tertiary/aromatic N) is 1. The van der Waals surface area contributed by atoms with Gasteiger partial charge in [-0.2, -0.15) is 0 Å². The van der Waals surface area contributed by atoms with Crippen LogP contribution in [0.2, 0.25) is 0 Å². The van der Waals surface area contributed by atoms with Gasteiger partial charge >= 0.3 is 0 Å². The summed E-state index contributed by atoms with van der Waals surface area (Å²) in [7, 11) is 5.58. The van der Waals surface area contributed by atoms with Crippen LogP contribution in [-0.2, 0) is 4.79 Å². The summed E-state index contributed by atoms with van der Waals surface area (Å²) in [6.45, 7) is 0.914. The van der Waals surface area contributed by atoms with Crippen molar-refractivity contribution in [3.8, 4) is 5.75 Å². The third kappa shape index (κ3) is 6.45. The molecule has 0 aliphatic rings. The maximum absolute atomic E-state index is 12.1. The lowest BCUT2D eigenvalue weighted by molar-refractivity contribution is -0.121. The summed E-state index contributed by atoms with van der Waals surface area (Å²) < 4.78 is 10.3. The number of amides is 2. The first-order valence-electron chi connectivity index (χ1n) is 8.90. The Morgan fingerprint density at radius 1 is 1.19 bits per heavy atom. The highest BCUT2D eigenvalue weighted by atomic mass is 16.5. The summed E-state index contributed by atoms with van der Waals surface area (Å²) >= 11 is 0. The van der Waals surface area contributed by atoms with Gasteiger partial charge in [-0.05, 0) is 50.3 Å². The Kier molecular flexibility index (Phi) is 7.88. The topological polar surface area (TPSA) is 83.8 Å². The minimum absolute atomic E-state index is 0.0442. The van der Waals surface area contributed by atoms with E-state index in [0.29, 0.717) is 25.9 Å². The number of furan rings is 1. The van der Waals surface area contributed by atoms with E-state index < -0.39 is 0 Å². The first kappa shape index (κ1) is 20.5. The van der Waals surface area contributed by atoms with Crippen LogP contribution in [0.1, 0.15) is 35.0 Å². The van der Waals surface area contributed by atoms with Crippen LogP contribution in [0.4, 0.5) is 0 Å². The van der Waals surface area contributed by atoms with Gasteiger partial charge < -0.3 is 24.7 Å². The number of carbonyl (C=O) groups is 2. The van der Waals surface area contributed by atoms with E-state index in [9.17, 15) is 9.59 Å². The third-order valence-corrected chi connectivity index (χ3v) is 4.21. The van der Waals surface area contributed by atoms with E-state index in [0.717, 1.165) is 11.3 Å². The molecule has 146 valence electrons. The number of hydrogen-bond donors (Lipinski definition) is 2. The zero-order valence-corrected chi connectivity index (χ0v) is 16.0. The van der Waals surface area contributed by atoms with Crippen LogP contribution in [0.3, 0.4) is 0 Å². The molecule has 1 aromatic heterocycles. The Morgan fingerprint density at radius 2 is 2.00 bits per heavy atom. The lowest BCUT2D eigenvalue weighted by atomic mass is 10.1. The summed E-state index contributed by atoms with van der Waals surface area (Å²) in [6.07, 6.45) is 2.35. The largest absolute Gasteiger partial charge is 0.497 e. The van der Waals surface area contributed by atoms with Gasteiger partial charge in [-0.1, -0.05) is 12.1 Å². The molecular weight excluding hydrogens is 346 g/mol. The van der Waals surface area contributed by atoms with E-state index in [1.165, 1.54) is 6.26 Å². The molecule has 0 saturated heterocycles. The molecule has 0 radical (unpaired) electrons. The molecule has 7 nitrogen and oxygen atoms in total. The van der Waals surface area contributed by atoms with Crippen molar-refractivity contribution in [3.63, 3.8) is 0 Å². The predicted molar refractivity (Wildman–Crippen MR) is 103 cm³/mol. The van der Waals surface area contributed by atoms with Gasteiger partial charge in [0.1, 0.15) is 5.75 Å². The van der Waals surface area contributed by atoms with Crippen LogP contribution in [0.5, 0.6) is 5.75 Å². The first-order chi connectivity index (χ1) is 13.0. The lowest BCUT2D eigenvalue weighted by Gasteiger charge is -2.25. The SMILES string of the molecule is COc1cccc(C(CNC(=O)CCCNC(=O)c2ccco2)N(C)C)c1. The number of methoxy groups -OCH3 is 1. The van der Waals surface area contributed by atoms with Crippen LogP contribution in [0, 0.1) is 0 Å². The van der Waals surface area contributed by atoms with Crippen LogP contribution >= 0.6 is 0 Å². The van der Waals surface area contributed by atoms with Gasteiger partial charge in [0.2, 0.25) is 5.91 Å². The minimum Gasteiger partial charge on any atom is -0.497 e. The highest BCUT2D eigenvalue weighted by Crippen LogP contribution is 2.22. The number of benzene rings is 1. The molecule has 0 saturated carbocycles. The number of hydrogen-bond acceptors (Lipinski definition) is 5. The number of rotatable bonds is 10. The summed E-state index contributed by atoms with van der Waals surface area (Å²) in [6, 6.07) is 11.1. The van der Waals surface area contributed by atoms with Crippen molar-refractivity contribution >= 4 is 11.8 Å².